The average molecular weight is 308 g/mol. The van der Waals surface area contributed by atoms with Crippen LogP contribution in [0.25, 0.3) is 0 Å². The molecule has 8 nitrogen and oxygen atoms in total. The highest BCUT2D eigenvalue weighted by atomic mass is 32.1. The Bertz CT molecular complexity index is 631. The van der Waals surface area contributed by atoms with Gasteiger partial charge in [-0.15, -0.1) is 11.3 Å². The summed E-state index contributed by atoms with van der Waals surface area (Å²) >= 11 is 1.48. The van der Waals surface area contributed by atoms with E-state index in [4.69, 9.17) is 0 Å². The van der Waals surface area contributed by atoms with Gasteiger partial charge in [0, 0.05) is 19.0 Å². The molecule has 0 unspecified atom stereocenters. The molecule has 0 aliphatic carbocycles. The van der Waals surface area contributed by atoms with Crippen molar-refractivity contribution in [1.82, 2.24) is 15.0 Å². The molecule has 0 aromatic carbocycles. The fourth-order valence-electron chi connectivity index (χ4n) is 1.90. The van der Waals surface area contributed by atoms with E-state index in [2.05, 4.69) is 20.3 Å². The molecule has 1 N–H and O–H groups in total. The Morgan fingerprint density at radius 3 is 2.81 bits per heavy atom. The van der Waals surface area contributed by atoms with Crippen LogP contribution in [0.5, 0.6) is 0 Å². The van der Waals surface area contributed by atoms with Crippen LogP contribution in [0.1, 0.15) is 18.3 Å². The molecule has 2 heterocycles. The average Bonchev–Trinajstić information content (AvgIpc) is 2.90. The Hall–Kier alpha value is -2.29. The van der Waals surface area contributed by atoms with Crippen LogP contribution in [0.15, 0.2) is 10.9 Å². The highest BCUT2D eigenvalue weighted by Gasteiger charge is 2.25. The Morgan fingerprint density at radius 1 is 1.48 bits per heavy atom. The lowest BCUT2D eigenvalue weighted by Crippen LogP contribution is -2.21. The second kappa shape index (κ2) is 6.44. The van der Waals surface area contributed by atoms with Gasteiger partial charge in [-0.1, -0.05) is 0 Å². The highest BCUT2D eigenvalue weighted by Crippen LogP contribution is 2.29. The summed E-state index contributed by atoms with van der Waals surface area (Å²) in [6.07, 6.45) is 0. The molecular formula is C12H16N6O2S. The zero-order valence-corrected chi connectivity index (χ0v) is 12.8. The summed E-state index contributed by atoms with van der Waals surface area (Å²) in [7, 11) is 1.75. The SMILES string of the molecule is CCNc1nc(C)c([N+](=O)[O-])c(N(C)Cc2cscn2)n1. The van der Waals surface area contributed by atoms with Crippen molar-refractivity contribution in [2.75, 3.05) is 23.8 Å². The van der Waals surface area contributed by atoms with Crippen molar-refractivity contribution in [3.8, 4) is 0 Å². The van der Waals surface area contributed by atoms with E-state index in [1.807, 2.05) is 12.3 Å². The van der Waals surface area contributed by atoms with Crippen molar-refractivity contribution < 1.29 is 4.92 Å². The zero-order chi connectivity index (χ0) is 15.4. The van der Waals surface area contributed by atoms with E-state index in [9.17, 15) is 10.1 Å². The molecule has 0 amide bonds. The van der Waals surface area contributed by atoms with Crippen LogP contribution in [-0.4, -0.2) is 33.5 Å². The molecule has 0 radical (unpaired) electrons. The summed E-state index contributed by atoms with van der Waals surface area (Å²) in [6.45, 7) is 4.62. The molecule has 9 heteroatoms. The highest BCUT2D eigenvalue weighted by molar-refractivity contribution is 7.07. The standard InChI is InChI=1S/C12H16N6O2S/c1-4-13-12-15-8(2)10(18(19)20)11(16-12)17(3)5-9-6-21-7-14-9/h6-7H,4-5H2,1-3H3,(H,13,15,16). The molecule has 0 bridgehead atoms. The van der Waals surface area contributed by atoms with E-state index < -0.39 is 4.92 Å². The van der Waals surface area contributed by atoms with Gasteiger partial charge in [-0.25, -0.2) is 9.97 Å². The lowest BCUT2D eigenvalue weighted by Gasteiger charge is -2.18. The molecule has 2 aromatic rings. The van der Waals surface area contributed by atoms with Crippen molar-refractivity contribution >= 4 is 28.8 Å². The first kappa shape index (κ1) is 15.1. The van der Waals surface area contributed by atoms with Crippen LogP contribution < -0.4 is 10.2 Å². The molecule has 0 saturated carbocycles. The number of anilines is 2. The lowest BCUT2D eigenvalue weighted by atomic mass is 10.3. The number of hydrogen-bond acceptors (Lipinski definition) is 8. The molecule has 0 aliphatic rings. The van der Waals surface area contributed by atoms with Gasteiger partial charge in [0.25, 0.3) is 0 Å². The van der Waals surface area contributed by atoms with Gasteiger partial charge >= 0.3 is 5.69 Å². The Balaban J connectivity index is 2.40. The topological polar surface area (TPSA) is 97.1 Å². The van der Waals surface area contributed by atoms with Crippen molar-refractivity contribution in [3.05, 3.63) is 32.4 Å². The fraction of sp³-hybridized carbons (Fsp3) is 0.417. The summed E-state index contributed by atoms with van der Waals surface area (Å²) in [5.74, 6) is 0.678. The van der Waals surface area contributed by atoms with E-state index in [0.717, 1.165) is 5.69 Å². The van der Waals surface area contributed by atoms with E-state index in [1.54, 1.807) is 24.4 Å². The minimum atomic E-state index is -0.446. The molecule has 0 saturated heterocycles. The minimum absolute atomic E-state index is 0.0746. The summed E-state index contributed by atoms with van der Waals surface area (Å²) in [6, 6.07) is 0. The van der Waals surface area contributed by atoms with Crippen molar-refractivity contribution in [2.45, 2.75) is 20.4 Å². The first-order chi connectivity index (χ1) is 10.0. The van der Waals surface area contributed by atoms with Crippen LogP contribution in [0.4, 0.5) is 17.5 Å². The first-order valence-corrected chi connectivity index (χ1v) is 7.32. The Labute approximate surface area is 126 Å². The molecule has 0 fully saturated rings. The summed E-state index contributed by atoms with van der Waals surface area (Å²) in [4.78, 5) is 25.1. The second-order valence-electron chi connectivity index (χ2n) is 4.43. The maximum Gasteiger partial charge on any atom is 0.332 e. The molecule has 21 heavy (non-hydrogen) atoms. The summed E-state index contributed by atoms with van der Waals surface area (Å²) in [5, 5.41) is 16.2. The molecular weight excluding hydrogens is 292 g/mol. The van der Waals surface area contributed by atoms with E-state index in [0.29, 0.717) is 24.7 Å². The number of aryl methyl sites for hydroxylation is 1. The fourth-order valence-corrected chi connectivity index (χ4v) is 2.45. The number of thiazole rings is 1. The molecule has 2 aromatic heterocycles. The van der Waals surface area contributed by atoms with Crippen LogP contribution >= 0.6 is 11.3 Å². The molecule has 112 valence electrons. The first-order valence-electron chi connectivity index (χ1n) is 6.38. The maximum absolute atomic E-state index is 11.3. The van der Waals surface area contributed by atoms with Gasteiger partial charge < -0.3 is 10.2 Å². The van der Waals surface area contributed by atoms with Crippen molar-refractivity contribution in [1.29, 1.82) is 0 Å². The normalized spacial score (nSPS) is 10.4. The molecule has 0 aliphatic heterocycles. The number of aromatic nitrogens is 3. The van der Waals surface area contributed by atoms with E-state index in [-0.39, 0.29) is 11.5 Å². The summed E-state index contributed by atoms with van der Waals surface area (Å²) < 4.78 is 0. The summed E-state index contributed by atoms with van der Waals surface area (Å²) in [5.41, 5.74) is 2.84. The van der Waals surface area contributed by atoms with E-state index in [1.165, 1.54) is 11.3 Å². The maximum atomic E-state index is 11.3. The zero-order valence-electron chi connectivity index (χ0n) is 12.0. The van der Waals surface area contributed by atoms with Gasteiger partial charge in [0.05, 0.1) is 22.7 Å². The number of nitrogens with one attached hydrogen (secondary N) is 1. The minimum Gasteiger partial charge on any atom is -0.354 e. The third-order valence-corrected chi connectivity index (χ3v) is 3.44. The van der Waals surface area contributed by atoms with Gasteiger partial charge in [0.15, 0.2) is 0 Å². The van der Waals surface area contributed by atoms with Crippen LogP contribution in [0.2, 0.25) is 0 Å². The van der Waals surface area contributed by atoms with Crippen LogP contribution in [0, 0.1) is 17.0 Å². The largest absolute Gasteiger partial charge is 0.354 e. The van der Waals surface area contributed by atoms with Gasteiger partial charge in [-0.05, 0) is 13.8 Å². The number of hydrogen-bond donors (Lipinski definition) is 1. The van der Waals surface area contributed by atoms with Gasteiger partial charge in [0.2, 0.25) is 11.8 Å². The third kappa shape index (κ3) is 3.43. The predicted molar refractivity (Wildman–Crippen MR) is 81.8 cm³/mol. The number of nitro groups is 1. The van der Waals surface area contributed by atoms with E-state index >= 15 is 0 Å². The Morgan fingerprint density at radius 2 is 2.24 bits per heavy atom. The number of nitrogens with zero attached hydrogens (tertiary/aromatic N) is 5. The van der Waals surface area contributed by atoms with Crippen LogP contribution in [-0.2, 0) is 6.54 Å². The lowest BCUT2D eigenvalue weighted by molar-refractivity contribution is -0.385. The van der Waals surface area contributed by atoms with Crippen LogP contribution in [0.3, 0.4) is 0 Å². The molecule has 0 atom stereocenters. The predicted octanol–water partition coefficient (Wildman–Crippen LogP) is 2.22. The molecule has 0 spiro atoms. The van der Waals surface area contributed by atoms with Crippen molar-refractivity contribution in [3.63, 3.8) is 0 Å². The van der Waals surface area contributed by atoms with Gasteiger partial charge in [-0.2, -0.15) is 4.98 Å². The van der Waals surface area contributed by atoms with Gasteiger partial charge in [0.1, 0.15) is 5.69 Å². The molecule has 2 rings (SSSR count). The second-order valence-corrected chi connectivity index (χ2v) is 5.15. The van der Waals surface area contributed by atoms with Crippen molar-refractivity contribution in [2.24, 2.45) is 0 Å². The van der Waals surface area contributed by atoms with Gasteiger partial charge in [-0.3, -0.25) is 10.1 Å². The quantitative estimate of drug-likeness (QED) is 0.645. The third-order valence-electron chi connectivity index (χ3n) is 2.80. The number of rotatable bonds is 6. The Kier molecular flexibility index (Phi) is 4.63. The monoisotopic (exact) mass is 308 g/mol. The smallest absolute Gasteiger partial charge is 0.332 e.